The van der Waals surface area contributed by atoms with Crippen LogP contribution in [0.4, 0.5) is 0 Å². The van der Waals surface area contributed by atoms with Crippen molar-refractivity contribution < 1.29 is 4.79 Å². The second-order valence-electron chi connectivity index (χ2n) is 6.57. The highest BCUT2D eigenvalue weighted by Crippen LogP contribution is 2.46. The maximum Gasteiger partial charge on any atom is 0.223 e. The SMILES string of the molecule is O=C(CCNC1CC1)N1CCC2(CCCC2)CC1. The molecule has 0 atom stereocenters. The van der Waals surface area contributed by atoms with Crippen LogP contribution < -0.4 is 5.32 Å². The highest BCUT2D eigenvalue weighted by molar-refractivity contribution is 5.76. The van der Waals surface area contributed by atoms with E-state index < -0.39 is 0 Å². The second-order valence-corrected chi connectivity index (χ2v) is 6.57. The molecular formula is C15H26N2O. The fourth-order valence-corrected chi connectivity index (χ4v) is 3.68. The Hall–Kier alpha value is -0.570. The summed E-state index contributed by atoms with van der Waals surface area (Å²) in [6.45, 7) is 2.91. The first kappa shape index (κ1) is 12.5. The number of piperidine rings is 1. The number of nitrogens with zero attached hydrogens (tertiary/aromatic N) is 1. The van der Waals surface area contributed by atoms with Gasteiger partial charge in [0.25, 0.3) is 0 Å². The van der Waals surface area contributed by atoms with Crippen molar-refractivity contribution in [2.24, 2.45) is 5.41 Å². The standard InChI is InChI=1S/C15H26N2O/c18-14(5-10-16-13-3-4-13)17-11-8-15(9-12-17)6-1-2-7-15/h13,16H,1-12H2. The summed E-state index contributed by atoms with van der Waals surface area (Å²) < 4.78 is 0. The average molecular weight is 250 g/mol. The molecule has 0 unspecified atom stereocenters. The molecule has 3 rings (SSSR count). The van der Waals surface area contributed by atoms with Gasteiger partial charge >= 0.3 is 0 Å². The maximum absolute atomic E-state index is 12.1. The molecular weight excluding hydrogens is 224 g/mol. The average Bonchev–Trinajstić information content (AvgIpc) is 3.10. The van der Waals surface area contributed by atoms with E-state index in [1.54, 1.807) is 0 Å². The quantitative estimate of drug-likeness (QED) is 0.830. The number of hydrogen-bond donors (Lipinski definition) is 1. The number of rotatable bonds is 4. The van der Waals surface area contributed by atoms with Crippen molar-refractivity contribution in [1.29, 1.82) is 0 Å². The van der Waals surface area contributed by atoms with Crippen LogP contribution in [0.5, 0.6) is 0 Å². The predicted molar refractivity (Wildman–Crippen MR) is 72.4 cm³/mol. The van der Waals surface area contributed by atoms with Crippen LogP contribution in [0, 0.1) is 5.41 Å². The van der Waals surface area contributed by atoms with Crippen LogP contribution in [0.2, 0.25) is 0 Å². The number of carbonyl (C=O) groups excluding carboxylic acids is 1. The van der Waals surface area contributed by atoms with E-state index >= 15 is 0 Å². The van der Waals surface area contributed by atoms with E-state index in [2.05, 4.69) is 10.2 Å². The van der Waals surface area contributed by atoms with Gasteiger partial charge in [0.1, 0.15) is 0 Å². The van der Waals surface area contributed by atoms with Gasteiger partial charge in [-0.2, -0.15) is 0 Å². The number of amides is 1. The molecule has 1 amide bonds. The molecule has 0 radical (unpaired) electrons. The van der Waals surface area contributed by atoms with Crippen molar-refractivity contribution in [3.63, 3.8) is 0 Å². The topological polar surface area (TPSA) is 32.3 Å². The van der Waals surface area contributed by atoms with Gasteiger partial charge in [-0.1, -0.05) is 12.8 Å². The predicted octanol–water partition coefficient (Wildman–Crippen LogP) is 2.31. The Morgan fingerprint density at radius 3 is 2.39 bits per heavy atom. The second kappa shape index (κ2) is 5.20. The molecule has 2 aliphatic carbocycles. The lowest BCUT2D eigenvalue weighted by molar-refractivity contribution is -0.133. The summed E-state index contributed by atoms with van der Waals surface area (Å²) in [6, 6.07) is 0.723. The monoisotopic (exact) mass is 250 g/mol. The minimum absolute atomic E-state index is 0.371. The third-order valence-electron chi connectivity index (χ3n) is 5.19. The van der Waals surface area contributed by atoms with Crippen LogP contribution in [0.1, 0.15) is 57.8 Å². The molecule has 1 spiro atoms. The first-order valence-corrected chi connectivity index (χ1v) is 7.79. The molecule has 3 nitrogen and oxygen atoms in total. The van der Waals surface area contributed by atoms with E-state index in [0.29, 0.717) is 17.7 Å². The molecule has 1 saturated heterocycles. The molecule has 18 heavy (non-hydrogen) atoms. The molecule has 2 saturated carbocycles. The summed E-state index contributed by atoms with van der Waals surface area (Å²) in [7, 11) is 0. The Kier molecular flexibility index (Phi) is 3.60. The van der Waals surface area contributed by atoms with Crippen molar-refractivity contribution in [3.8, 4) is 0 Å². The summed E-state index contributed by atoms with van der Waals surface area (Å²) in [4.78, 5) is 14.2. The smallest absolute Gasteiger partial charge is 0.223 e. The van der Waals surface area contributed by atoms with Gasteiger partial charge in [0.05, 0.1) is 0 Å². The van der Waals surface area contributed by atoms with E-state index in [0.717, 1.165) is 25.7 Å². The summed E-state index contributed by atoms with van der Waals surface area (Å²) in [5.74, 6) is 0.371. The Bertz CT molecular complexity index is 296. The van der Waals surface area contributed by atoms with Crippen molar-refractivity contribution >= 4 is 5.91 Å². The number of nitrogens with one attached hydrogen (secondary N) is 1. The lowest BCUT2D eigenvalue weighted by atomic mass is 9.77. The van der Waals surface area contributed by atoms with E-state index in [1.807, 2.05) is 0 Å². The Labute approximate surface area is 110 Å². The molecule has 1 aliphatic heterocycles. The van der Waals surface area contributed by atoms with Gasteiger partial charge in [-0.3, -0.25) is 4.79 Å². The lowest BCUT2D eigenvalue weighted by Gasteiger charge is -2.39. The Balaban J connectivity index is 1.39. The molecule has 0 aromatic heterocycles. The highest BCUT2D eigenvalue weighted by atomic mass is 16.2. The fourth-order valence-electron chi connectivity index (χ4n) is 3.68. The molecule has 3 heteroatoms. The van der Waals surface area contributed by atoms with Crippen LogP contribution in [-0.2, 0) is 4.79 Å². The van der Waals surface area contributed by atoms with Crippen molar-refractivity contribution in [2.45, 2.75) is 63.8 Å². The zero-order valence-corrected chi connectivity index (χ0v) is 11.4. The van der Waals surface area contributed by atoms with Crippen molar-refractivity contribution in [3.05, 3.63) is 0 Å². The molecule has 102 valence electrons. The molecule has 0 bridgehead atoms. The number of hydrogen-bond acceptors (Lipinski definition) is 2. The zero-order chi connectivity index (χ0) is 12.4. The first-order chi connectivity index (χ1) is 8.77. The molecule has 1 heterocycles. The van der Waals surface area contributed by atoms with Crippen molar-refractivity contribution in [1.82, 2.24) is 10.2 Å². The van der Waals surface area contributed by atoms with Crippen LogP contribution in [0.15, 0.2) is 0 Å². The molecule has 0 aromatic rings. The molecule has 3 fully saturated rings. The van der Waals surface area contributed by atoms with E-state index in [9.17, 15) is 4.79 Å². The van der Waals surface area contributed by atoms with E-state index in [1.165, 1.54) is 51.4 Å². The van der Waals surface area contributed by atoms with Crippen LogP contribution in [0.3, 0.4) is 0 Å². The van der Waals surface area contributed by atoms with Gasteiger partial charge in [0.15, 0.2) is 0 Å². The van der Waals surface area contributed by atoms with Gasteiger partial charge in [0, 0.05) is 32.1 Å². The minimum Gasteiger partial charge on any atom is -0.343 e. The van der Waals surface area contributed by atoms with Crippen LogP contribution >= 0.6 is 0 Å². The lowest BCUT2D eigenvalue weighted by Crippen LogP contribution is -2.43. The Morgan fingerprint density at radius 2 is 1.78 bits per heavy atom. The van der Waals surface area contributed by atoms with Crippen LogP contribution in [-0.4, -0.2) is 36.5 Å². The summed E-state index contributed by atoms with van der Waals surface area (Å²) in [6.07, 6.45) is 11.5. The third kappa shape index (κ3) is 2.87. The third-order valence-corrected chi connectivity index (χ3v) is 5.19. The first-order valence-electron chi connectivity index (χ1n) is 7.79. The maximum atomic E-state index is 12.1. The summed E-state index contributed by atoms with van der Waals surface area (Å²) in [5.41, 5.74) is 0.628. The number of carbonyl (C=O) groups is 1. The summed E-state index contributed by atoms with van der Waals surface area (Å²) >= 11 is 0. The van der Waals surface area contributed by atoms with Gasteiger partial charge in [0.2, 0.25) is 5.91 Å². The molecule has 0 aromatic carbocycles. The van der Waals surface area contributed by atoms with Gasteiger partial charge < -0.3 is 10.2 Å². The van der Waals surface area contributed by atoms with E-state index in [-0.39, 0.29) is 0 Å². The Morgan fingerprint density at radius 1 is 1.11 bits per heavy atom. The fraction of sp³-hybridized carbons (Fsp3) is 0.933. The van der Waals surface area contributed by atoms with E-state index in [4.69, 9.17) is 0 Å². The van der Waals surface area contributed by atoms with Gasteiger partial charge in [-0.05, 0) is 43.9 Å². The number of likely N-dealkylation sites (tertiary alicyclic amines) is 1. The van der Waals surface area contributed by atoms with Crippen molar-refractivity contribution in [2.75, 3.05) is 19.6 Å². The minimum atomic E-state index is 0.371. The highest BCUT2D eigenvalue weighted by Gasteiger charge is 2.37. The molecule has 3 aliphatic rings. The largest absolute Gasteiger partial charge is 0.343 e. The van der Waals surface area contributed by atoms with Crippen LogP contribution in [0.25, 0.3) is 0 Å². The van der Waals surface area contributed by atoms with Gasteiger partial charge in [-0.25, -0.2) is 0 Å². The normalized spacial score (nSPS) is 26.8. The van der Waals surface area contributed by atoms with Gasteiger partial charge in [-0.15, -0.1) is 0 Å². The molecule has 1 N–H and O–H groups in total. The summed E-state index contributed by atoms with van der Waals surface area (Å²) in [5, 5.41) is 3.43. The zero-order valence-electron chi connectivity index (χ0n) is 11.4.